The van der Waals surface area contributed by atoms with Gasteiger partial charge in [-0.2, -0.15) is 0 Å². The van der Waals surface area contributed by atoms with E-state index in [9.17, 15) is 0 Å². The van der Waals surface area contributed by atoms with Crippen molar-refractivity contribution in [1.29, 1.82) is 0 Å². The molecule has 94 valence electrons. The minimum absolute atomic E-state index is 0.702. The third kappa shape index (κ3) is 1.59. The summed E-state index contributed by atoms with van der Waals surface area (Å²) in [5.41, 5.74) is 3.18. The van der Waals surface area contributed by atoms with E-state index in [-0.39, 0.29) is 0 Å². The molecule has 4 rings (SSSR count). The van der Waals surface area contributed by atoms with Gasteiger partial charge >= 0.3 is 0 Å². The second-order valence-corrected chi connectivity index (χ2v) is 5.81. The number of rotatable bonds is 0. The standard InChI is InChI=1S/C19H18/c1-13-5-4-7-15-10-11-17-16-8-3-2-6-14(16)9-12-18(17)19(13)15/h2-3,6,8-13H,4-5,7H2,1H3. The van der Waals surface area contributed by atoms with E-state index in [2.05, 4.69) is 55.5 Å². The molecule has 0 heterocycles. The maximum Gasteiger partial charge on any atom is -0.0102 e. The van der Waals surface area contributed by atoms with Crippen molar-refractivity contribution in [1.82, 2.24) is 0 Å². The fraction of sp³-hybridized carbons (Fsp3) is 0.263. The van der Waals surface area contributed by atoms with Crippen LogP contribution in [0.15, 0.2) is 48.5 Å². The van der Waals surface area contributed by atoms with Crippen LogP contribution in [0.5, 0.6) is 0 Å². The van der Waals surface area contributed by atoms with Gasteiger partial charge in [-0.05, 0) is 57.9 Å². The van der Waals surface area contributed by atoms with Gasteiger partial charge in [0.2, 0.25) is 0 Å². The number of hydrogen-bond acceptors (Lipinski definition) is 0. The van der Waals surface area contributed by atoms with Gasteiger partial charge in [0, 0.05) is 0 Å². The molecule has 1 aliphatic carbocycles. The summed E-state index contributed by atoms with van der Waals surface area (Å²) in [7, 11) is 0. The van der Waals surface area contributed by atoms with E-state index >= 15 is 0 Å². The fourth-order valence-corrected chi connectivity index (χ4v) is 3.70. The maximum atomic E-state index is 2.38. The lowest BCUT2D eigenvalue weighted by molar-refractivity contribution is 0.595. The van der Waals surface area contributed by atoms with Crippen LogP contribution in [0, 0.1) is 0 Å². The smallest absolute Gasteiger partial charge is 0.0102 e. The van der Waals surface area contributed by atoms with Gasteiger partial charge in [-0.15, -0.1) is 0 Å². The van der Waals surface area contributed by atoms with Crippen LogP contribution in [0.3, 0.4) is 0 Å². The Labute approximate surface area is 114 Å². The third-order valence-electron chi connectivity index (χ3n) is 4.63. The van der Waals surface area contributed by atoms with E-state index in [4.69, 9.17) is 0 Å². The predicted octanol–water partition coefficient (Wildman–Crippen LogP) is 5.43. The Kier molecular flexibility index (Phi) is 2.38. The van der Waals surface area contributed by atoms with Crippen LogP contribution < -0.4 is 0 Å². The van der Waals surface area contributed by atoms with Crippen molar-refractivity contribution in [2.75, 3.05) is 0 Å². The monoisotopic (exact) mass is 246 g/mol. The van der Waals surface area contributed by atoms with E-state index in [1.807, 2.05) is 0 Å². The highest BCUT2D eigenvalue weighted by Crippen LogP contribution is 2.38. The summed E-state index contributed by atoms with van der Waals surface area (Å²) in [4.78, 5) is 0. The second-order valence-electron chi connectivity index (χ2n) is 5.81. The molecular weight excluding hydrogens is 228 g/mol. The number of benzene rings is 3. The molecule has 3 aromatic rings. The first-order valence-electron chi connectivity index (χ1n) is 7.28. The molecule has 0 aromatic heterocycles. The van der Waals surface area contributed by atoms with Gasteiger partial charge in [0.05, 0.1) is 0 Å². The Balaban J connectivity index is 2.15. The Hall–Kier alpha value is -1.82. The van der Waals surface area contributed by atoms with Gasteiger partial charge in [-0.3, -0.25) is 0 Å². The lowest BCUT2D eigenvalue weighted by atomic mass is 9.80. The van der Waals surface area contributed by atoms with Crippen molar-refractivity contribution in [3.8, 4) is 0 Å². The summed E-state index contributed by atoms with van der Waals surface area (Å²) in [5.74, 6) is 0.702. The molecule has 1 aliphatic rings. The lowest BCUT2D eigenvalue weighted by Crippen LogP contribution is -2.07. The highest BCUT2D eigenvalue weighted by molar-refractivity contribution is 6.08. The molecule has 0 radical (unpaired) electrons. The summed E-state index contributed by atoms with van der Waals surface area (Å²) in [6.07, 6.45) is 3.93. The Morgan fingerprint density at radius 2 is 1.68 bits per heavy atom. The van der Waals surface area contributed by atoms with Gasteiger partial charge in [0.1, 0.15) is 0 Å². The molecule has 1 atom stereocenters. The van der Waals surface area contributed by atoms with Crippen LogP contribution in [-0.2, 0) is 6.42 Å². The maximum absolute atomic E-state index is 2.38. The van der Waals surface area contributed by atoms with Crippen molar-refractivity contribution in [3.05, 3.63) is 59.7 Å². The minimum atomic E-state index is 0.702. The fourth-order valence-electron chi connectivity index (χ4n) is 3.70. The molecule has 0 N–H and O–H groups in total. The molecule has 0 nitrogen and oxygen atoms in total. The van der Waals surface area contributed by atoms with Crippen LogP contribution >= 0.6 is 0 Å². The zero-order valence-electron chi connectivity index (χ0n) is 11.3. The van der Waals surface area contributed by atoms with Gasteiger partial charge in [0.25, 0.3) is 0 Å². The van der Waals surface area contributed by atoms with Crippen molar-refractivity contribution in [2.24, 2.45) is 0 Å². The molecule has 0 heteroatoms. The zero-order chi connectivity index (χ0) is 12.8. The van der Waals surface area contributed by atoms with Crippen LogP contribution in [-0.4, -0.2) is 0 Å². The topological polar surface area (TPSA) is 0 Å². The SMILES string of the molecule is CC1CCCc2ccc3c(ccc4ccccc43)c21. The van der Waals surface area contributed by atoms with E-state index in [1.54, 1.807) is 11.1 Å². The van der Waals surface area contributed by atoms with Crippen molar-refractivity contribution < 1.29 is 0 Å². The van der Waals surface area contributed by atoms with E-state index in [0.29, 0.717) is 5.92 Å². The number of aryl methyl sites for hydroxylation is 1. The zero-order valence-corrected chi connectivity index (χ0v) is 11.3. The average molecular weight is 246 g/mol. The largest absolute Gasteiger partial charge is 0.0616 e. The Bertz CT molecular complexity index is 767. The molecule has 0 aliphatic heterocycles. The van der Waals surface area contributed by atoms with Crippen LogP contribution in [0.25, 0.3) is 21.5 Å². The Morgan fingerprint density at radius 3 is 2.63 bits per heavy atom. The molecule has 0 spiro atoms. The molecule has 0 saturated heterocycles. The molecular formula is C19H18. The van der Waals surface area contributed by atoms with Crippen molar-refractivity contribution in [2.45, 2.75) is 32.1 Å². The Morgan fingerprint density at radius 1 is 0.842 bits per heavy atom. The van der Waals surface area contributed by atoms with Gasteiger partial charge in [0.15, 0.2) is 0 Å². The number of fused-ring (bicyclic) bond motifs is 5. The second kappa shape index (κ2) is 4.09. The first-order chi connectivity index (χ1) is 9.34. The van der Waals surface area contributed by atoms with E-state index < -0.39 is 0 Å². The quantitative estimate of drug-likeness (QED) is 0.464. The summed E-state index contributed by atoms with van der Waals surface area (Å²) < 4.78 is 0. The van der Waals surface area contributed by atoms with Gasteiger partial charge < -0.3 is 0 Å². The molecule has 3 aromatic carbocycles. The highest BCUT2D eigenvalue weighted by atomic mass is 14.2. The van der Waals surface area contributed by atoms with Crippen LogP contribution in [0.1, 0.15) is 36.8 Å². The summed E-state index contributed by atoms with van der Waals surface area (Å²) in [6.45, 7) is 2.38. The molecule has 0 saturated carbocycles. The number of hydrogen-bond donors (Lipinski definition) is 0. The average Bonchev–Trinajstić information content (AvgIpc) is 2.46. The minimum Gasteiger partial charge on any atom is -0.0616 e. The molecule has 0 bridgehead atoms. The summed E-state index contributed by atoms with van der Waals surface area (Å²) in [6, 6.07) is 18.0. The predicted molar refractivity (Wildman–Crippen MR) is 82.8 cm³/mol. The summed E-state index contributed by atoms with van der Waals surface area (Å²) >= 11 is 0. The van der Waals surface area contributed by atoms with Crippen molar-refractivity contribution >= 4 is 21.5 Å². The van der Waals surface area contributed by atoms with Gasteiger partial charge in [-0.1, -0.05) is 55.5 Å². The lowest BCUT2D eigenvalue weighted by Gasteiger charge is -2.24. The molecule has 19 heavy (non-hydrogen) atoms. The first kappa shape index (κ1) is 11.0. The summed E-state index contributed by atoms with van der Waals surface area (Å²) in [5, 5.41) is 5.63. The normalized spacial score (nSPS) is 18.7. The molecule has 0 amide bonds. The molecule has 0 fully saturated rings. The first-order valence-corrected chi connectivity index (χ1v) is 7.28. The van der Waals surface area contributed by atoms with E-state index in [0.717, 1.165) is 0 Å². The van der Waals surface area contributed by atoms with Crippen LogP contribution in [0.2, 0.25) is 0 Å². The van der Waals surface area contributed by atoms with E-state index in [1.165, 1.54) is 40.8 Å². The van der Waals surface area contributed by atoms with Crippen molar-refractivity contribution in [3.63, 3.8) is 0 Å². The van der Waals surface area contributed by atoms with Crippen LogP contribution in [0.4, 0.5) is 0 Å². The van der Waals surface area contributed by atoms with Gasteiger partial charge in [-0.25, -0.2) is 0 Å². The third-order valence-corrected chi connectivity index (χ3v) is 4.63. The highest BCUT2D eigenvalue weighted by Gasteiger charge is 2.19. The molecule has 1 unspecified atom stereocenters.